The van der Waals surface area contributed by atoms with Gasteiger partial charge in [-0.2, -0.15) is 0 Å². The van der Waals surface area contributed by atoms with E-state index in [-0.39, 0.29) is 28.1 Å². The van der Waals surface area contributed by atoms with Crippen LogP contribution in [0.4, 0.5) is 21.5 Å². The number of nitrogens with two attached hydrogens (primary N) is 2. The molecule has 7 heteroatoms. The predicted molar refractivity (Wildman–Crippen MR) is 73.5 cm³/mol. The lowest BCUT2D eigenvalue weighted by atomic mass is 10.2. The average Bonchev–Trinajstić information content (AvgIpc) is 2.78. The number of hydrogen-bond donors (Lipinski definition) is 3. The molecule has 0 aliphatic carbocycles. The lowest BCUT2D eigenvalue weighted by Crippen LogP contribution is -2.11. The smallest absolute Gasteiger partial charge is 0.216 e. The van der Waals surface area contributed by atoms with E-state index in [9.17, 15) is 4.39 Å². The third-order valence-corrected chi connectivity index (χ3v) is 3.02. The molecule has 0 spiro atoms. The summed E-state index contributed by atoms with van der Waals surface area (Å²) in [6, 6.07) is 1.05. The van der Waals surface area contributed by atoms with Gasteiger partial charge in [0.1, 0.15) is 16.8 Å². The maximum atomic E-state index is 14.0. The van der Waals surface area contributed by atoms with Gasteiger partial charge < -0.3 is 21.2 Å². The third-order valence-electron chi connectivity index (χ3n) is 2.64. The zero-order valence-electron chi connectivity index (χ0n) is 10.5. The van der Waals surface area contributed by atoms with E-state index in [0.29, 0.717) is 11.7 Å². The minimum absolute atomic E-state index is 0.0857. The first-order valence-electron chi connectivity index (χ1n) is 5.62. The van der Waals surface area contributed by atoms with Crippen LogP contribution in [-0.2, 0) is 0 Å². The monoisotopic (exact) mass is 284 g/mol. The van der Waals surface area contributed by atoms with Gasteiger partial charge in [0.05, 0.1) is 23.3 Å². The van der Waals surface area contributed by atoms with Gasteiger partial charge in [-0.25, -0.2) is 9.37 Å². The van der Waals surface area contributed by atoms with E-state index in [2.05, 4.69) is 10.3 Å². The summed E-state index contributed by atoms with van der Waals surface area (Å²) in [5.74, 6) is 0.422. The second-order valence-electron chi connectivity index (χ2n) is 4.23. The summed E-state index contributed by atoms with van der Waals surface area (Å²) in [5, 5.41) is 2.72. The third kappa shape index (κ3) is 2.58. The fourth-order valence-electron chi connectivity index (χ4n) is 1.66. The van der Waals surface area contributed by atoms with Gasteiger partial charge in [0, 0.05) is 0 Å². The Morgan fingerprint density at radius 2 is 2.11 bits per heavy atom. The molecule has 0 radical (unpaired) electrons. The van der Waals surface area contributed by atoms with Crippen molar-refractivity contribution in [2.75, 3.05) is 16.8 Å². The number of anilines is 3. The highest BCUT2D eigenvalue weighted by molar-refractivity contribution is 6.33. The Morgan fingerprint density at radius 3 is 2.68 bits per heavy atom. The maximum absolute atomic E-state index is 14.0. The van der Waals surface area contributed by atoms with Gasteiger partial charge in [-0.1, -0.05) is 11.6 Å². The van der Waals surface area contributed by atoms with Gasteiger partial charge in [-0.3, -0.25) is 0 Å². The number of benzene rings is 1. The molecule has 1 aromatic heterocycles. The normalized spacial score (nSPS) is 12.4. The summed E-state index contributed by atoms with van der Waals surface area (Å²) in [5.41, 5.74) is 11.6. The Morgan fingerprint density at radius 1 is 1.42 bits per heavy atom. The van der Waals surface area contributed by atoms with Crippen molar-refractivity contribution < 1.29 is 8.81 Å². The fourth-order valence-corrected chi connectivity index (χ4v) is 1.81. The Bertz CT molecular complexity index is 614. The lowest BCUT2D eigenvalue weighted by molar-refractivity contribution is 0.453. The summed E-state index contributed by atoms with van der Waals surface area (Å²) >= 11 is 5.75. The number of halogens is 2. The molecule has 0 aliphatic heterocycles. The fraction of sp³-hybridized carbons (Fsp3) is 0.250. The number of oxazole rings is 1. The van der Waals surface area contributed by atoms with Crippen LogP contribution in [0.5, 0.6) is 0 Å². The Balaban J connectivity index is 2.31. The molecule has 1 atom stereocenters. The van der Waals surface area contributed by atoms with E-state index in [1.165, 1.54) is 6.07 Å². The second kappa shape index (κ2) is 4.97. The summed E-state index contributed by atoms with van der Waals surface area (Å²) < 4.78 is 19.4. The summed E-state index contributed by atoms with van der Waals surface area (Å²) in [7, 11) is 0. The molecule has 0 fully saturated rings. The van der Waals surface area contributed by atoms with E-state index in [0.717, 1.165) is 0 Å². The van der Waals surface area contributed by atoms with Crippen molar-refractivity contribution in [3.05, 3.63) is 34.8 Å². The Labute approximate surface area is 114 Å². The molecule has 1 aromatic carbocycles. The number of rotatable bonds is 3. The molecular weight excluding hydrogens is 271 g/mol. The highest BCUT2D eigenvalue weighted by Crippen LogP contribution is 2.35. The van der Waals surface area contributed by atoms with E-state index < -0.39 is 5.82 Å². The summed E-state index contributed by atoms with van der Waals surface area (Å²) in [6.07, 6.45) is 1.59. The van der Waals surface area contributed by atoms with Crippen LogP contribution in [0.25, 0.3) is 0 Å². The molecule has 0 bridgehead atoms. The van der Waals surface area contributed by atoms with Crippen LogP contribution >= 0.6 is 11.6 Å². The van der Waals surface area contributed by atoms with Crippen molar-refractivity contribution in [3.8, 4) is 0 Å². The number of aromatic nitrogens is 1. The first kappa shape index (κ1) is 13.5. The molecule has 1 unspecified atom stereocenters. The number of hydrogen-bond acceptors (Lipinski definition) is 5. The first-order valence-corrected chi connectivity index (χ1v) is 5.99. The van der Waals surface area contributed by atoms with Crippen LogP contribution in [0.1, 0.15) is 24.6 Å². The van der Waals surface area contributed by atoms with Crippen molar-refractivity contribution in [2.45, 2.75) is 19.9 Å². The molecule has 0 saturated carbocycles. The second-order valence-corrected chi connectivity index (χ2v) is 4.61. The zero-order valence-corrected chi connectivity index (χ0v) is 11.3. The Hall–Kier alpha value is -1.95. The van der Waals surface area contributed by atoms with Gasteiger partial charge in [0.25, 0.3) is 0 Å². The van der Waals surface area contributed by atoms with Gasteiger partial charge in [-0.05, 0) is 19.9 Å². The van der Waals surface area contributed by atoms with E-state index in [1.807, 2.05) is 0 Å². The van der Waals surface area contributed by atoms with Gasteiger partial charge >= 0.3 is 0 Å². The van der Waals surface area contributed by atoms with Crippen LogP contribution in [-0.4, -0.2) is 4.98 Å². The van der Waals surface area contributed by atoms with Gasteiger partial charge in [0.15, 0.2) is 5.82 Å². The van der Waals surface area contributed by atoms with Crippen molar-refractivity contribution in [3.63, 3.8) is 0 Å². The largest absolute Gasteiger partial charge is 0.444 e. The highest BCUT2D eigenvalue weighted by Gasteiger charge is 2.18. The quantitative estimate of drug-likeness (QED) is 0.754. The molecule has 2 aromatic rings. The van der Waals surface area contributed by atoms with E-state index in [1.54, 1.807) is 20.0 Å². The van der Waals surface area contributed by atoms with Gasteiger partial charge in [0.2, 0.25) is 5.89 Å². The van der Waals surface area contributed by atoms with Crippen LogP contribution in [0, 0.1) is 12.7 Å². The molecule has 2 rings (SSSR count). The Kier molecular flexibility index (Phi) is 3.53. The van der Waals surface area contributed by atoms with Crippen LogP contribution in [0.15, 0.2) is 16.7 Å². The zero-order chi connectivity index (χ0) is 14.2. The summed E-state index contributed by atoms with van der Waals surface area (Å²) in [4.78, 5) is 4.06. The van der Waals surface area contributed by atoms with Crippen molar-refractivity contribution in [2.24, 2.45) is 0 Å². The molecule has 0 saturated heterocycles. The summed E-state index contributed by atoms with van der Waals surface area (Å²) in [6.45, 7) is 3.55. The molecule has 102 valence electrons. The molecule has 5 N–H and O–H groups in total. The van der Waals surface area contributed by atoms with Crippen molar-refractivity contribution in [1.82, 2.24) is 4.98 Å². The number of nitrogen functional groups attached to an aromatic ring is 2. The standard InChI is InChI=1S/C12H14ClFN4O/c1-5-4-17-12(19-5)6(2)18-11-8(16)3-7(15)9(13)10(11)14/h3-4,6,18H,15-16H2,1-2H3. The minimum atomic E-state index is -0.686. The van der Waals surface area contributed by atoms with Crippen LogP contribution < -0.4 is 16.8 Å². The topological polar surface area (TPSA) is 90.1 Å². The minimum Gasteiger partial charge on any atom is -0.444 e. The first-order chi connectivity index (χ1) is 8.90. The average molecular weight is 285 g/mol. The van der Waals surface area contributed by atoms with Crippen molar-refractivity contribution >= 4 is 28.7 Å². The molecule has 19 heavy (non-hydrogen) atoms. The van der Waals surface area contributed by atoms with E-state index >= 15 is 0 Å². The van der Waals surface area contributed by atoms with Gasteiger partial charge in [-0.15, -0.1) is 0 Å². The molecule has 1 heterocycles. The number of aryl methyl sites for hydroxylation is 1. The predicted octanol–water partition coefficient (Wildman–Crippen LogP) is 3.11. The SMILES string of the molecule is Cc1cnc(C(C)Nc2c(N)cc(N)c(Cl)c2F)o1. The van der Waals surface area contributed by atoms with Crippen LogP contribution in [0.2, 0.25) is 5.02 Å². The highest BCUT2D eigenvalue weighted by atomic mass is 35.5. The van der Waals surface area contributed by atoms with E-state index in [4.69, 9.17) is 27.5 Å². The molecule has 5 nitrogen and oxygen atoms in total. The molecular formula is C12H14ClFN4O. The number of nitrogens with one attached hydrogen (secondary N) is 1. The molecule has 0 amide bonds. The number of nitrogens with zero attached hydrogens (tertiary/aromatic N) is 1. The molecule has 0 aliphatic rings. The van der Waals surface area contributed by atoms with Crippen LogP contribution in [0.3, 0.4) is 0 Å². The maximum Gasteiger partial charge on any atom is 0.216 e. The lowest BCUT2D eigenvalue weighted by Gasteiger charge is -2.16. The van der Waals surface area contributed by atoms with Crippen molar-refractivity contribution in [1.29, 1.82) is 0 Å².